The number of nitrogens with zero attached hydrogens (tertiary/aromatic N) is 2. The summed E-state index contributed by atoms with van der Waals surface area (Å²) in [5.74, 6) is 6.10. The van der Waals surface area contributed by atoms with Gasteiger partial charge in [-0.05, 0) is 30.9 Å². The molecule has 1 fully saturated rings. The first-order chi connectivity index (χ1) is 9.46. The van der Waals surface area contributed by atoms with Crippen molar-refractivity contribution in [2.45, 2.75) is 43.5 Å². The molecule has 1 aliphatic rings. The standard InChI is InChI=1S/C13H22N4O2S/c1-10-5-3-6-11(9-10)17(2)20(18,19)12-7-4-8-15-13(12)16-14/h4,7-8,10-11H,3,5-6,9,14H2,1-2H3,(H,15,16). The van der Waals surface area contributed by atoms with E-state index < -0.39 is 10.0 Å². The van der Waals surface area contributed by atoms with Gasteiger partial charge in [0.15, 0.2) is 5.82 Å². The van der Waals surface area contributed by atoms with E-state index in [-0.39, 0.29) is 16.8 Å². The molecule has 1 aliphatic carbocycles. The molecule has 0 aliphatic heterocycles. The molecule has 0 bridgehead atoms. The maximum absolute atomic E-state index is 12.7. The molecule has 0 amide bonds. The molecule has 6 nitrogen and oxygen atoms in total. The Labute approximate surface area is 120 Å². The fourth-order valence-corrected chi connectivity index (χ4v) is 4.29. The third kappa shape index (κ3) is 2.94. The zero-order chi connectivity index (χ0) is 14.8. The molecule has 1 saturated carbocycles. The third-order valence-electron chi connectivity index (χ3n) is 3.99. The van der Waals surface area contributed by atoms with E-state index in [1.807, 2.05) is 0 Å². The second kappa shape index (κ2) is 6.07. The molecule has 2 unspecified atom stereocenters. The van der Waals surface area contributed by atoms with Gasteiger partial charge in [-0.15, -0.1) is 0 Å². The fourth-order valence-electron chi connectivity index (χ4n) is 2.79. The van der Waals surface area contributed by atoms with Gasteiger partial charge in [-0.2, -0.15) is 4.31 Å². The van der Waals surface area contributed by atoms with E-state index in [4.69, 9.17) is 5.84 Å². The Bertz CT molecular complexity index is 561. The second-order valence-electron chi connectivity index (χ2n) is 5.44. The Balaban J connectivity index is 2.29. The maximum Gasteiger partial charge on any atom is 0.246 e. The molecular weight excluding hydrogens is 276 g/mol. The van der Waals surface area contributed by atoms with E-state index in [9.17, 15) is 8.42 Å². The van der Waals surface area contributed by atoms with Gasteiger partial charge in [0.05, 0.1) is 0 Å². The molecule has 112 valence electrons. The lowest BCUT2D eigenvalue weighted by atomic mass is 9.87. The number of hydrogen-bond donors (Lipinski definition) is 2. The highest BCUT2D eigenvalue weighted by molar-refractivity contribution is 7.89. The highest BCUT2D eigenvalue weighted by Crippen LogP contribution is 2.31. The van der Waals surface area contributed by atoms with Crippen LogP contribution in [0.25, 0.3) is 0 Å². The molecule has 0 saturated heterocycles. The van der Waals surface area contributed by atoms with Crippen LogP contribution in [0.3, 0.4) is 0 Å². The molecule has 1 aromatic rings. The minimum absolute atomic E-state index is 0.0505. The van der Waals surface area contributed by atoms with Gasteiger partial charge in [-0.25, -0.2) is 19.2 Å². The number of nitrogen functional groups attached to an aromatic ring is 1. The predicted molar refractivity (Wildman–Crippen MR) is 78.4 cm³/mol. The number of pyridine rings is 1. The topological polar surface area (TPSA) is 88.3 Å². The number of hydrogen-bond acceptors (Lipinski definition) is 5. The second-order valence-corrected chi connectivity index (χ2v) is 7.41. The summed E-state index contributed by atoms with van der Waals surface area (Å²) in [6, 6.07) is 3.18. The Hall–Kier alpha value is -1.18. The maximum atomic E-state index is 12.7. The number of hydrazine groups is 1. The smallest absolute Gasteiger partial charge is 0.246 e. The molecule has 3 N–H and O–H groups in total. The van der Waals surface area contributed by atoms with Crippen LogP contribution in [0.4, 0.5) is 5.82 Å². The molecule has 7 heteroatoms. The van der Waals surface area contributed by atoms with Gasteiger partial charge in [0.2, 0.25) is 10.0 Å². The molecule has 20 heavy (non-hydrogen) atoms. The number of aromatic nitrogens is 1. The van der Waals surface area contributed by atoms with Crippen LogP contribution in [0, 0.1) is 5.92 Å². The van der Waals surface area contributed by atoms with Gasteiger partial charge in [0, 0.05) is 19.3 Å². The van der Waals surface area contributed by atoms with Crippen LogP contribution >= 0.6 is 0 Å². The van der Waals surface area contributed by atoms with Gasteiger partial charge in [-0.3, -0.25) is 0 Å². The summed E-state index contributed by atoms with van der Waals surface area (Å²) >= 11 is 0. The SMILES string of the molecule is CC1CCCC(N(C)S(=O)(=O)c2cccnc2NN)C1. The number of nitrogens with two attached hydrogens (primary N) is 1. The van der Waals surface area contributed by atoms with Crippen LogP contribution in [0.15, 0.2) is 23.2 Å². The van der Waals surface area contributed by atoms with E-state index in [0.717, 1.165) is 19.3 Å². The first-order valence-electron chi connectivity index (χ1n) is 6.86. The van der Waals surface area contributed by atoms with E-state index in [1.165, 1.54) is 23.0 Å². The van der Waals surface area contributed by atoms with Crippen molar-refractivity contribution in [1.82, 2.24) is 9.29 Å². The molecule has 0 radical (unpaired) electrons. The quantitative estimate of drug-likeness (QED) is 0.650. The van der Waals surface area contributed by atoms with Crippen LogP contribution in [0.2, 0.25) is 0 Å². The summed E-state index contributed by atoms with van der Waals surface area (Å²) in [6.07, 6.45) is 5.57. The molecule has 0 aromatic carbocycles. The molecule has 0 spiro atoms. The van der Waals surface area contributed by atoms with Crippen LogP contribution in [-0.4, -0.2) is 30.8 Å². The average molecular weight is 298 g/mol. The number of sulfonamides is 1. The van der Waals surface area contributed by atoms with Gasteiger partial charge in [0.25, 0.3) is 0 Å². The molecular formula is C13H22N4O2S. The van der Waals surface area contributed by atoms with Crippen LogP contribution in [0.1, 0.15) is 32.6 Å². The Morgan fingerprint density at radius 3 is 2.85 bits per heavy atom. The first kappa shape index (κ1) is 15.2. The Kier molecular flexibility index (Phi) is 4.62. The van der Waals surface area contributed by atoms with E-state index >= 15 is 0 Å². The normalized spacial score (nSPS) is 23.8. The van der Waals surface area contributed by atoms with Crippen molar-refractivity contribution in [3.05, 3.63) is 18.3 Å². The van der Waals surface area contributed by atoms with Crippen molar-refractivity contribution in [2.24, 2.45) is 11.8 Å². The first-order valence-corrected chi connectivity index (χ1v) is 8.30. The van der Waals surface area contributed by atoms with Crippen molar-refractivity contribution >= 4 is 15.8 Å². The third-order valence-corrected chi connectivity index (χ3v) is 5.93. The van der Waals surface area contributed by atoms with Gasteiger partial charge in [0.1, 0.15) is 4.90 Å². The Morgan fingerprint density at radius 1 is 1.45 bits per heavy atom. The Morgan fingerprint density at radius 2 is 2.20 bits per heavy atom. The predicted octanol–water partition coefficient (Wildman–Crippen LogP) is 1.57. The van der Waals surface area contributed by atoms with Crippen molar-refractivity contribution < 1.29 is 8.42 Å². The van der Waals surface area contributed by atoms with E-state index in [0.29, 0.717) is 5.92 Å². The summed E-state index contributed by atoms with van der Waals surface area (Å²) in [6.45, 7) is 2.17. The van der Waals surface area contributed by atoms with Crippen molar-refractivity contribution in [3.8, 4) is 0 Å². The van der Waals surface area contributed by atoms with E-state index in [2.05, 4.69) is 17.3 Å². The van der Waals surface area contributed by atoms with Crippen LogP contribution in [0.5, 0.6) is 0 Å². The molecule has 2 rings (SSSR count). The van der Waals surface area contributed by atoms with Gasteiger partial charge < -0.3 is 5.43 Å². The van der Waals surface area contributed by atoms with E-state index in [1.54, 1.807) is 13.1 Å². The largest absolute Gasteiger partial charge is 0.307 e. The van der Waals surface area contributed by atoms with Gasteiger partial charge in [-0.1, -0.05) is 19.8 Å². The lowest BCUT2D eigenvalue weighted by Gasteiger charge is -2.33. The molecule has 1 aromatic heterocycles. The van der Waals surface area contributed by atoms with Crippen molar-refractivity contribution in [1.29, 1.82) is 0 Å². The van der Waals surface area contributed by atoms with Crippen molar-refractivity contribution in [3.63, 3.8) is 0 Å². The number of rotatable bonds is 4. The summed E-state index contributed by atoms with van der Waals surface area (Å²) in [5, 5.41) is 0. The average Bonchev–Trinajstić information content (AvgIpc) is 2.46. The van der Waals surface area contributed by atoms with Crippen molar-refractivity contribution in [2.75, 3.05) is 12.5 Å². The zero-order valence-electron chi connectivity index (χ0n) is 11.9. The monoisotopic (exact) mass is 298 g/mol. The zero-order valence-corrected chi connectivity index (χ0v) is 12.7. The lowest BCUT2D eigenvalue weighted by molar-refractivity contribution is 0.239. The highest BCUT2D eigenvalue weighted by Gasteiger charge is 2.32. The van der Waals surface area contributed by atoms with Crippen LogP contribution in [-0.2, 0) is 10.0 Å². The summed E-state index contributed by atoms with van der Waals surface area (Å²) in [7, 11) is -1.93. The minimum Gasteiger partial charge on any atom is -0.307 e. The summed E-state index contributed by atoms with van der Waals surface area (Å²) in [5.41, 5.74) is 2.35. The number of nitrogens with one attached hydrogen (secondary N) is 1. The van der Waals surface area contributed by atoms with Gasteiger partial charge >= 0.3 is 0 Å². The lowest BCUT2D eigenvalue weighted by Crippen LogP contribution is -2.40. The minimum atomic E-state index is -3.58. The fraction of sp³-hybridized carbons (Fsp3) is 0.615. The molecule has 1 heterocycles. The van der Waals surface area contributed by atoms with Crippen LogP contribution < -0.4 is 11.3 Å². The highest BCUT2D eigenvalue weighted by atomic mass is 32.2. The molecule has 2 atom stereocenters. The number of anilines is 1. The summed E-state index contributed by atoms with van der Waals surface area (Å²) in [4.78, 5) is 4.09. The summed E-state index contributed by atoms with van der Waals surface area (Å²) < 4.78 is 26.9.